The number of halogens is 2. The van der Waals surface area contributed by atoms with Crippen LogP contribution in [0.5, 0.6) is 0 Å². The monoisotopic (exact) mass is 561 g/mol. The number of piperidine rings is 1. The summed E-state index contributed by atoms with van der Waals surface area (Å²) < 4.78 is 5.56. The van der Waals surface area contributed by atoms with E-state index in [1.807, 2.05) is 57.2 Å². The third kappa shape index (κ3) is 8.62. The molecule has 2 aromatic rings. The number of ether oxygens (including phenoxy) is 1. The maximum atomic E-state index is 12.6. The summed E-state index contributed by atoms with van der Waals surface area (Å²) in [7, 11) is 1.77. The van der Waals surface area contributed by atoms with Crippen LogP contribution in [0.2, 0.25) is 10.0 Å². The Labute approximate surface area is 237 Å². The summed E-state index contributed by atoms with van der Waals surface area (Å²) >= 11 is 12.5. The van der Waals surface area contributed by atoms with Crippen molar-refractivity contribution in [3.05, 3.63) is 69.7 Å². The first-order valence-corrected chi connectivity index (χ1v) is 14.1. The summed E-state index contributed by atoms with van der Waals surface area (Å²) in [5.74, 6) is 0.0933. The van der Waals surface area contributed by atoms with Gasteiger partial charge in [-0.25, -0.2) is 4.79 Å². The topological polar surface area (TPSA) is 61.9 Å². The number of benzene rings is 2. The van der Waals surface area contributed by atoms with E-state index in [-0.39, 0.29) is 23.5 Å². The molecule has 1 heterocycles. The zero-order chi connectivity index (χ0) is 27.9. The van der Waals surface area contributed by atoms with Crippen molar-refractivity contribution in [2.45, 2.75) is 70.4 Å². The molecule has 0 bridgehead atoms. The highest BCUT2D eigenvalue weighted by atomic mass is 35.5. The number of carbonyl (C=O) groups excluding carboxylic acids is 2. The van der Waals surface area contributed by atoms with Crippen molar-refractivity contribution >= 4 is 35.2 Å². The van der Waals surface area contributed by atoms with E-state index >= 15 is 0 Å². The van der Waals surface area contributed by atoms with E-state index in [9.17, 15) is 9.59 Å². The first-order chi connectivity index (χ1) is 17.9. The van der Waals surface area contributed by atoms with E-state index in [0.29, 0.717) is 16.6 Å². The minimum absolute atomic E-state index is 0.000812. The van der Waals surface area contributed by atoms with Gasteiger partial charge in [-0.1, -0.05) is 59.6 Å². The molecule has 0 saturated carbocycles. The van der Waals surface area contributed by atoms with Crippen molar-refractivity contribution in [1.29, 1.82) is 0 Å². The molecule has 0 aromatic heterocycles. The molecule has 2 amide bonds. The van der Waals surface area contributed by atoms with E-state index in [1.54, 1.807) is 18.9 Å². The van der Waals surface area contributed by atoms with Gasteiger partial charge in [0.25, 0.3) is 0 Å². The Hall–Kier alpha value is -2.28. The molecule has 0 radical (unpaired) electrons. The van der Waals surface area contributed by atoms with Crippen molar-refractivity contribution in [2.24, 2.45) is 0 Å². The fourth-order valence-electron chi connectivity index (χ4n) is 5.17. The second-order valence-electron chi connectivity index (χ2n) is 11.3. The highest BCUT2D eigenvalue weighted by molar-refractivity contribution is 6.42. The van der Waals surface area contributed by atoms with Gasteiger partial charge in [0, 0.05) is 39.5 Å². The standard InChI is InChI=1S/C30H41Cl2N3O3/c1-22(36)33-30(25-11-7-6-8-12-25)15-18-35(19-16-30)17-9-10-24(23-13-14-26(31)27(32)20-23)21-34(5)28(37)38-29(2,3)4/h6-8,11-14,20,24H,9-10,15-19,21H2,1-5H3,(H,33,36). The first-order valence-electron chi connectivity index (χ1n) is 13.3. The fraction of sp³-hybridized carbons (Fsp3) is 0.533. The van der Waals surface area contributed by atoms with E-state index in [4.69, 9.17) is 27.9 Å². The number of hydrogen-bond donors (Lipinski definition) is 1. The molecule has 1 N–H and O–H groups in total. The molecule has 1 unspecified atom stereocenters. The molecule has 1 aliphatic heterocycles. The third-order valence-corrected chi connectivity index (χ3v) is 7.83. The Morgan fingerprint density at radius 2 is 1.74 bits per heavy atom. The lowest BCUT2D eigenvalue weighted by Gasteiger charge is -2.43. The third-order valence-electron chi connectivity index (χ3n) is 7.09. The zero-order valence-electron chi connectivity index (χ0n) is 23.2. The number of hydrogen-bond acceptors (Lipinski definition) is 4. The van der Waals surface area contributed by atoms with Crippen LogP contribution in [0.15, 0.2) is 48.5 Å². The van der Waals surface area contributed by atoms with Gasteiger partial charge in [-0.2, -0.15) is 0 Å². The van der Waals surface area contributed by atoms with Crippen LogP contribution in [-0.2, 0) is 15.1 Å². The normalized spacial score (nSPS) is 16.5. The molecule has 1 fully saturated rings. The number of likely N-dealkylation sites (tertiary alicyclic amines) is 1. The van der Waals surface area contributed by atoms with E-state index in [0.717, 1.165) is 50.9 Å². The largest absolute Gasteiger partial charge is 0.444 e. The Bertz CT molecular complexity index is 1080. The number of nitrogens with zero attached hydrogens (tertiary/aromatic N) is 2. The predicted molar refractivity (Wildman–Crippen MR) is 155 cm³/mol. The minimum Gasteiger partial charge on any atom is -0.444 e. The maximum Gasteiger partial charge on any atom is 0.410 e. The molecule has 0 spiro atoms. The SMILES string of the molecule is CC(=O)NC1(c2ccccc2)CCN(CCCC(CN(C)C(=O)OC(C)(C)C)c2ccc(Cl)c(Cl)c2)CC1. The number of nitrogens with one attached hydrogen (secondary N) is 1. The quantitative estimate of drug-likeness (QED) is 0.363. The average molecular weight is 563 g/mol. The lowest BCUT2D eigenvalue weighted by atomic mass is 9.80. The maximum absolute atomic E-state index is 12.6. The Kier molecular flexibility index (Phi) is 10.5. The summed E-state index contributed by atoms with van der Waals surface area (Å²) in [4.78, 5) is 28.8. The molecular formula is C30H41Cl2N3O3. The van der Waals surface area contributed by atoms with Gasteiger partial charge in [-0.3, -0.25) is 4.79 Å². The van der Waals surface area contributed by atoms with Crippen LogP contribution < -0.4 is 5.32 Å². The van der Waals surface area contributed by atoms with Crippen molar-refractivity contribution in [3.63, 3.8) is 0 Å². The van der Waals surface area contributed by atoms with Crippen LogP contribution in [0.25, 0.3) is 0 Å². The van der Waals surface area contributed by atoms with Gasteiger partial charge in [0.15, 0.2) is 0 Å². The molecule has 6 nitrogen and oxygen atoms in total. The molecule has 38 heavy (non-hydrogen) atoms. The van der Waals surface area contributed by atoms with Crippen molar-refractivity contribution < 1.29 is 14.3 Å². The van der Waals surface area contributed by atoms with Crippen LogP contribution in [0, 0.1) is 0 Å². The molecule has 1 atom stereocenters. The molecule has 0 aliphatic carbocycles. The second-order valence-corrected chi connectivity index (χ2v) is 12.2. The number of likely N-dealkylation sites (N-methyl/N-ethyl adjacent to an activating group) is 1. The van der Waals surface area contributed by atoms with Crippen molar-refractivity contribution in [1.82, 2.24) is 15.1 Å². The van der Waals surface area contributed by atoms with Gasteiger partial charge in [0.1, 0.15) is 5.60 Å². The summed E-state index contributed by atoms with van der Waals surface area (Å²) in [6.45, 7) is 10.5. The molecular weight excluding hydrogens is 521 g/mol. The van der Waals surface area contributed by atoms with Gasteiger partial charge < -0.3 is 19.9 Å². The van der Waals surface area contributed by atoms with Crippen LogP contribution in [0.4, 0.5) is 4.79 Å². The predicted octanol–water partition coefficient (Wildman–Crippen LogP) is 6.85. The summed E-state index contributed by atoms with van der Waals surface area (Å²) in [5, 5.41) is 4.28. The first kappa shape index (κ1) is 30.3. The Morgan fingerprint density at radius 3 is 2.32 bits per heavy atom. The molecule has 1 aliphatic rings. The van der Waals surface area contributed by atoms with Crippen molar-refractivity contribution in [2.75, 3.05) is 33.2 Å². The van der Waals surface area contributed by atoms with Gasteiger partial charge in [-0.05, 0) is 76.3 Å². The lowest BCUT2D eigenvalue weighted by molar-refractivity contribution is -0.121. The molecule has 3 rings (SSSR count). The Balaban J connectivity index is 1.63. The molecule has 1 saturated heterocycles. The fourth-order valence-corrected chi connectivity index (χ4v) is 5.48. The summed E-state index contributed by atoms with van der Waals surface area (Å²) in [6, 6.07) is 16.0. The highest BCUT2D eigenvalue weighted by Gasteiger charge is 2.36. The highest BCUT2D eigenvalue weighted by Crippen LogP contribution is 2.34. The minimum atomic E-state index is -0.551. The van der Waals surface area contributed by atoms with Crippen LogP contribution >= 0.6 is 23.2 Å². The van der Waals surface area contributed by atoms with Crippen LogP contribution in [0.1, 0.15) is 70.4 Å². The van der Waals surface area contributed by atoms with E-state index < -0.39 is 5.60 Å². The molecule has 208 valence electrons. The van der Waals surface area contributed by atoms with Crippen LogP contribution in [0.3, 0.4) is 0 Å². The van der Waals surface area contributed by atoms with Gasteiger partial charge in [-0.15, -0.1) is 0 Å². The van der Waals surface area contributed by atoms with Crippen LogP contribution in [-0.4, -0.2) is 60.6 Å². The number of amides is 2. The second kappa shape index (κ2) is 13.2. The van der Waals surface area contributed by atoms with E-state index in [2.05, 4.69) is 22.3 Å². The summed E-state index contributed by atoms with van der Waals surface area (Å²) in [5.41, 5.74) is 1.36. The van der Waals surface area contributed by atoms with Gasteiger partial charge in [0.2, 0.25) is 5.91 Å². The Morgan fingerprint density at radius 1 is 1.08 bits per heavy atom. The van der Waals surface area contributed by atoms with Gasteiger partial charge in [0.05, 0.1) is 15.6 Å². The smallest absolute Gasteiger partial charge is 0.410 e. The zero-order valence-corrected chi connectivity index (χ0v) is 24.7. The molecule has 8 heteroatoms. The average Bonchev–Trinajstić information content (AvgIpc) is 2.85. The van der Waals surface area contributed by atoms with Crippen molar-refractivity contribution in [3.8, 4) is 0 Å². The van der Waals surface area contributed by atoms with Gasteiger partial charge >= 0.3 is 6.09 Å². The molecule has 2 aromatic carbocycles. The van der Waals surface area contributed by atoms with E-state index in [1.165, 1.54) is 5.56 Å². The lowest BCUT2D eigenvalue weighted by Crippen LogP contribution is -2.52. The number of rotatable bonds is 9. The number of carbonyl (C=O) groups is 2. The summed E-state index contributed by atoms with van der Waals surface area (Å²) in [6.07, 6.45) is 3.25.